The zero-order chi connectivity index (χ0) is 34.8. The third-order valence-electron chi connectivity index (χ3n) is 8.74. The van der Waals surface area contributed by atoms with Crippen molar-refractivity contribution in [3.05, 3.63) is 144 Å². The van der Waals surface area contributed by atoms with E-state index in [9.17, 15) is 9.59 Å². The van der Waals surface area contributed by atoms with E-state index >= 15 is 0 Å². The summed E-state index contributed by atoms with van der Waals surface area (Å²) in [7, 11) is 1.28. The van der Waals surface area contributed by atoms with Crippen molar-refractivity contribution in [1.82, 2.24) is 5.32 Å². The zero-order valence-electron chi connectivity index (χ0n) is 28.2. The second kappa shape index (κ2) is 17.0. The van der Waals surface area contributed by atoms with Crippen LogP contribution >= 0.6 is 0 Å². The molecule has 50 heavy (non-hydrogen) atoms. The first-order valence-corrected chi connectivity index (χ1v) is 16.8. The Labute approximate surface area is 292 Å². The Morgan fingerprint density at radius 3 is 1.72 bits per heavy atom. The van der Waals surface area contributed by atoms with Gasteiger partial charge in [0.15, 0.2) is 6.10 Å². The average molecular weight is 682 g/mol. The third kappa shape index (κ3) is 8.83. The Morgan fingerprint density at radius 1 is 0.700 bits per heavy atom. The van der Waals surface area contributed by atoms with Gasteiger partial charge in [-0.3, -0.25) is 4.79 Å². The minimum atomic E-state index is -1.75. The molecule has 0 bridgehead atoms. The van der Waals surface area contributed by atoms with Crippen LogP contribution in [0.15, 0.2) is 121 Å². The van der Waals surface area contributed by atoms with Crippen LogP contribution in [0.3, 0.4) is 0 Å². The first-order chi connectivity index (χ1) is 24.5. The van der Waals surface area contributed by atoms with Gasteiger partial charge in [-0.25, -0.2) is 4.79 Å². The minimum absolute atomic E-state index is 0.110. The Bertz CT molecular complexity index is 1640. The second-order valence-electron chi connectivity index (χ2n) is 12.4. The highest BCUT2D eigenvalue weighted by Crippen LogP contribution is 2.50. The SMILES string of the molecule is COC(=O)[C@@]12O[C@@H]([C@H](OCc3ccccc3)[C@@H](COCc3ccccc3)OCc3ccccc3)[C@H](NC(C)=O)[C@@H](OCc3ccccc3)[C@@H]1O2. The fourth-order valence-corrected chi connectivity index (χ4v) is 6.23. The maximum atomic E-state index is 13.3. The van der Waals surface area contributed by atoms with Crippen molar-refractivity contribution in [1.29, 1.82) is 0 Å². The topological polar surface area (TPSA) is 114 Å². The lowest BCUT2D eigenvalue weighted by atomic mass is 9.89. The van der Waals surface area contributed by atoms with Gasteiger partial charge in [-0.05, 0) is 22.3 Å². The predicted octanol–water partition coefficient (Wildman–Crippen LogP) is 5.13. The minimum Gasteiger partial charge on any atom is -0.465 e. The number of benzene rings is 4. The molecular weight excluding hydrogens is 638 g/mol. The largest absolute Gasteiger partial charge is 0.465 e. The number of rotatable bonds is 17. The van der Waals surface area contributed by atoms with Crippen LogP contribution < -0.4 is 5.32 Å². The number of nitrogens with one attached hydrogen (secondary N) is 1. The van der Waals surface area contributed by atoms with Crippen LogP contribution in [0.1, 0.15) is 29.2 Å². The van der Waals surface area contributed by atoms with Crippen molar-refractivity contribution in [2.45, 2.75) is 75.7 Å². The highest BCUT2D eigenvalue weighted by atomic mass is 16.8. The van der Waals surface area contributed by atoms with Crippen molar-refractivity contribution in [3.63, 3.8) is 0 Å². The van der Waals surface area contributed by atoms with E-state index in [1.165, 1.54) is 14.0 Å². The highest BCUT2D eigenvalue weighted by molar-refractivity contribution is 5.82. The molecule has 10 heteroatoms. The van der Waals surface area contributed by atoms with Crippen molar-refractivity contribution in [2.24, 2.45) is 0 Å². The Balaban J connectivity index is 1.36. The lowest BCUT2D eigenvalue weighted by molar-refractivity contribution is -0.229. The lowest BCUT2D eigenvalue weighted by Gasteiger charge is -2.43. The van der Waals surface area contributed by atoms with E-state index in [-0.39, 0.29) is 32.3 Å². The van der Waals surface area contributed by atoms with Gasteiger partial charge < -0.3 is 38.5 Å². The molecule has 2 aliphatic heterocycles. The van der Waals surface area contributed by atoms with Crippen molar-refractivity contribution in [2.75, 3.05) is 13.7 Å². The molecular formula is C40H43NO9. The summed E-state index contributed by atoms with van der Waals surface area (Å²) in [5, 5.41) is 3.04. The first-order valence-electron chi connectivity index (χ1n) is 16.8. The van der Waals surface area contributed by atoms with E-state index in [2.05, 4.69) is 5.32 Å². The smallest absolute Gasteiger partial charge is 0.369 e. The number of fused-ring (bicyclic) bond motifs is 1. The van der Waals surface area contributed by atoms with E-state index in [0.29, 0.717) is 6.61 Å². The molecule has 4 aromatic carbocycles. The first kappa shape index (κ1) is 35.4. The van der Waals surface area contributed by atoms with Crippen molar-refractivity contribution >= 4 is 11.9 Å². The van der Waals surface area contributed by atoms with Crippen molar-refractivity contribution < 1.29 is 42.7 Å². The number of hydrogen-bond acceptors (Lipinski definition) is 9. The van der Waals surface area contributed by atoms with Gasteiger partial charge >= 0.3 is 5.97 Å². The average Bonchev–Trinajstić information content (AvgIpc) is 3.90. The molecule has 0 unspecified atom stereocenters. The summed E-state index contributed by atoms with van der Waals surface area (Å²) in [6.07, 6.45) is -4.26. The van der Waals surface area contributed by atoms with E-state index in [0.717, 1.165) is 22.3 Å². The molecule has 0 saturated carbocycles. The fourth-order valence-electron chi connectivity index (χ4n) is 6.23. The highest BCUT2D eigenvalue weighted by Gasteiger charge is 2.76. The molecule has 10 nitrogen and oxygen atoms in total. The van der Waals surface area contributed by atoms with E-state index in [1.807, 2.05) is 121 Å². The number of hydrogen-bond donors (Lipinski definition) is 1. The van der Waals surface area contributed by atoms with Gasteiger partial charge in [0.05, 0.1) is 46.2 Å². The molecule has 1 amide bonds. The number of carbonyl (C=O) groups excluding carboxylic acids is 2. The van der Waals surface area contributed by atoms with E-state index in [4.69, 9.17) is 33.2 Å². The summed E-state index contributed by atoms with van der Waals surface area (Å²) in [6.45, 7) is 2.50. The number of epoxide rings is 1. The molecule has 2 heterocycles. The molecule has 2 aliphatic rings. The summed E-state index contributed by atoms with van der Waals surface area (Å²) in [4.78, 5) is 26.2. The second-order valence-corrected chi connectivity index (χ2v) is 12.4. The number of amides is 1. The Hall–Kier alpha value is -4.42. The predicted molar refractivity (Wildman–Crippen MR) is 183 cm³/mol. The number of esters is 1. The van der Waals surface area contributed by atoms with Crippen LogP contribution in [-0.4, -0.2) is 67.9 Å². The van der Waals surface area contributed by atoms with Crippen LogP contribution in [0.25, 0.3) is 0 Å². The van der Waals surface area contributed by atoms with Gasteiger partial charge in [-0.2, -0.15) is 0 Å². The molecule has 6 rings (SSSR count). The molecule has 4 aromatic rings. The van der Waals surface area contributed by atoms with Gasteiger partial charge in [-0.1, -0.05) is 121 Å². The number of ether oxygens (including phenoxy) is 7. The fraction of sp³-hybridized carbons (Fsp3) is 0.350. The summed E-state index contributed by atoms with van der Waals surface area (Å²) < 4.78 is 43.9. The molecule has 262 valence electrons. The zero-order valence-corrected chi connectivity index (χ0v) is 28.2. The molecule has 7 atom stereocenters. The molecule has 0 spiro atoms. The van der Waals surface area contributed by atoms with Gasteiger partial charge in [0.25, 0.3) is 5.79 Å². The van der Waals surface area contributed by atoms with E-state index in [1.54, 1.807) is 0 Å². The van der Waals surface area contributed by atoms with Crippen LogP contribution in [0, 0.1) is 0 Å². The molecule has 0 aromatic heterocycles. The summed E-state index contributed by atoms with van der Waals surface area (Å²) in [5.74, 6) is -2.77. The van der Waals surface area contributed by atoms with Crippen LogP contribution in [0.2, 0.25) is 0 Å². The Kier molecular flexibility index (Phi) is 12.0. The quantitative estimate of drug-likeness (QED) is 0.120. The van der Waals surface area contributed by atoms with Crippen molar-refractivity contribution in [3.8, 4) is 0 Å². The summed E-state index contributed by atoms with van der Waals surface area (Å²) >= 11 is 0. The van der Waals surface area contributed by atoms with Crippen LogP contribution in [-0.2, 0) is 69.2 Å². The Morgan fingerprint density at radius 2 is 1.20 bits per heavy atom. The number of carbonyl (C=O) groups is 2. The molecule has 2 fully saturated rings. The summed E-state index contributed by atoms with van der Waals surface area (Å²) in [6, 6.07) is 38.1. The van der Waals surface area contributed by atoms with Crippen LogP contribution in [0.4, 0.5) is 0 Å². The lowest BCUT2D eigenvalue weighted by Crippen LogP contribution is -2.66. The van der Waals surface area contributed by atoms with E-state index < -0.39 is 48.3 Å². The molecule has 2 saturated heterocycles. The summed E-state index contributed by atoms with van der Waals surface area (Å²) in [5.41, 5.74) is 3.77. The monoisotopic (exact) mass is 681 g/mol. The maximum Gasteiger partial charge on any atom is 0.369 e. The standard InChI is InChI=1S/C40H43NO9/c1-28(42)41-34-36(49-40(39(43)44-2)38(50-40)37(34)48-26-32-21-13-6-14-22-32)35(47-25-31-19-11-5-12-20-31)33(46-24-30-17-9-4-10-18-30)27-45-23-29-15-7-3-8-16-29/h3-22,33-38H,23-27H2,1-2H3,(H,41,42)/t33-,34+,35-,36-,37-,38+,40-/m1/s1. The number of methoxy groups -OCH3 is 1. The van der Waals surface area contributed by atoms with Crippen LogP contribution in [0.5, 0.6) is 0 Å². The maximum absolute atomic E-state index is 13.3. The molecule has 0 radical (unpaired) electrons. The molecule has 0 aliphatic carbocycles. The normalized spacial score (nSPS) is 23.6. The van der Waals surface area contributed by atoms with Gasteiger partial charge in [0.1, 0.15) is 24.4 Å². The van der Waals surface area contributed by atoms with Gasteiger partial charge in [0, 0.05) is 6.92 Å². The third-order valence-corrected chi connectivity index (χ3v) is 8.74. The van der Waals surface area contributed by atoms with Gasteiger partial charge in [0.2, 0.25) is 5.91 Å². The molecule has 1 N–H and O–H groups in total. The van der Waals surface area contributed by atoms with Gasteiger partial charge in [-0.15, -0.1) is 0 Å².